The van der Waals surface area contributed by atoms with Crippen molar-refractivity contribution in [2.45, 2.75) is 58.3 Å². The normalized spacial score (nSPS) is 15.4. The molecule has 5 rings (SSSR count). The molecule has 4 aromatic heterocycles. The van der Waals surface area contributed by atoms with Crippen molar-refractivity contribution in [1.82, 2.24) is 29.3 Å². The molecule has 0 aromatic carbocycles. The predicted octanol–water partition coefficient (Wildman–Crippen LogP) is 4.48. The Morgan fingerprint density at radius 2 is 1.98 bits per heavy atom. The average Bonchev–Trinajstić information content (AvgIpc) is 3.52. The van der Waals surface area contributed by atoms with Crippen LogP contribution in [0.2, 0.25) is 5.02 Å². The Morgan fingerprint density at radius 1 is 1.23 bits per heavy atom. The van der Waals surface area contributed by atoms with Gasteiger partial charge in [-0.25, -0.2) is 19.3 Å². The summed E-state index contributed by atoms with van der Waals surface area (Å²) in [5.74, 6) is 0.491. The molecule has 0 aliphatic carbocycles. The molecule has 1 fully saturated rings. The fraction of sp³-hybridized carbons (Fsp3) is 0.444. The van der Waals surface area contributed by atoms with E-state index in [9.17, 15) is 9.59 Å². The largest absolute Gasteiger partial charge is 0.444 e. The lowest BCUT2D eigenvalue weighted by molar-refractivity contribution is 0.0635. The van der Waals surface area contributed by atoms with Crippen LogP contribution in [0, 0.1) is 0 Å². The topological polar surface area (TPSA) is 127 Å². The van der Waals surface area contributed by atoms with E-state index < -0.39 is 23.6 Å². The van der Waals surface area contributed by atoms with Crippen molar-refractivity contribution in [2.24, 2.45) is 0 Å². The Labute approximate surface area is 236 Å². The summed E-state index contributed by atoms with van der Waals surface area (Å²) in [6.45, 7) is 8.71. The van der Waals surface area contributed by atoms with Crippen LogP contribution in [0.25, 0.3) is 11.2 Å². The Balaban J connectivity index is 1.48. The van der Waals surface area contributed by atoms with Crippen LogP contribution in [0.5, 0.6) is 0 Å². The number of carbonyl (C=O) groups excluding carboxylic acids is 2. The van der Waals surface area contributed by atoms with Crippen molar-refractivity contribution >= 4 is 46.4 Å². The highest BCUT2D eigenvalue weighted by Gasteiger charge is 2.29. The fourth-order valence-corrected chi connectivity index (χ4v) is 5.20. The molecule has 1 unspecified atom stereocenters. The molecular weight excluding hydrogens is 536 g/mol. The van der Waals surface area contributed by atoms with E-state index in [2.05, 4.69) is 30.6 Å². The number of pyridine rings is 1. The number of imidazole rings is 1. The first-order valence-electron chi connectivity index (χ1n) is 13.1. The molecule has 40 heavy (non-hydrogen) atoms. The summed E-state index contributed by atoms with van der Waals surface area (Å²) in [7, 11) is 1.74. The van der Waals surface area contributed by atoms with E-state index in [-0.39, 0.29) is 17.5 Å². The Morgan fingerprint density at radius 3 is 2.67 bits per heavy atom. The Kier molecular flexibility index (Phi) is 7.56. The lowest BCUT2D eigenvalue weighted by atomic mass is 10.0. The number of aromatic nitrogens is 5. The van der Waals surface area contributed by atoms with Gasteiger partial charge in [0.05, 0.1) is 28.9 Å². The molecule has 1 aliphatic rings. The molecule has 1 atom stereocenters. The molecule has 5 heterocycles. The Hall–Kier alpha value is -3.90. The average molecular weight is 569 g/mol. The van der Waals surface area contributed by atoms with Gasteiger partial charge in [-0.2, -0.15) is 0 Å². The van der Waals surface area contributed by atoms with Gasteiger partial charge in [0.15, 0.2) is 11.5 Å². The minimum atomic E-state index is -0.725. The van der Waals surface area contributed by atoms with Gasteiger partial charge in [0.1, 0.15) is 23.3 Å². The zero-order valence-electron chi connectivity index (χ0n) is 23.1. The molecule has 1 aliphatic heterocycles. The third kappa shape index (κ3) is 5.54. The molecule has 1 saturated heterocycles. The van der Waals surface area contributed by atoms with Gasteiger partial charge in [0.2, 0.25) is 0 Å². The molecule has 4 aromatic rings. The van der Waals surface area contributed by atoms with Crippen molar-refractivity contribution in [3.8, 4) is 0 Å². The number of anilines is 2. The molecule has 212 valence electrons. The van der Waals surface area contributed by atoms with Crippen LogP contribution < -0.4 is 15.5 Å². The minimum absolute atomic E-state index is 0.0441. The number of hydrogen-bond acceptors (Lipinski definition) is 8. The number of fused-ring (bicyclic) bond motifs is 2. The van der Waals surface area contributed by atoms with Crippen molar-refractivity contribution in [3.05, 3.63) is 53.2 Å². The summed E-state index contributed by atoms with van der Waals surface area (Å²) in [6.07, 6.45) is 7.90. The molecule has 12 nitrogen and oxygen atoms in total. The number of methoxy groups -OCH3 is 1. The van der Waals surface area contributed by atoms with Gasteiger partial charge in [0, 0.05) is 38.2 Å². The highest BCUT2D eigenvalue weighted by molar-refractivity contribution is 6.34. The number of hydrogen-bond donors (Lipinski definition) is 2. The van der Waals surface area contributed by atoms with Crippen LogP contribution >= 0.6 is 11.6 Å². The van der Waals surface area contributed by atoms with E-state index in [4.69, 9.17) is 21.1 Å². The van der Waals surface area contributed by atoms with Gasteiger partial charge in [-0.05, 0) is 52.7 Å². The summed E-state index contributed by atoms with van der Waals surface area (Å²) in [6, 6.07) is 3.08. The molecular formula is C27H33ClN8O4. The SMILES string of the molecule is COC1CCN(c2c(C(C)NC(=O)c3c(NC(=O)OC(C)(C)C)nn4cccnc34)cc(Cl)c3cncn23)CC1. The standard InChI is InChI=1S/C27H33ClN8O4/c1-16(18-13-19(28)20-14-29-15-35(20)25(18)34-11-7-17(39-5)8-12-34)31-24(37)21-22(32-26(38)40-27(2,3)4)33-36-10-6-9-30-23(21)36/h6,9-10,13-17H,7-8,11-12H2,1-5H3,(H,31,37)(H,32,33,38). The molecule has 2 N–H and O–H groups in total. The second-order valence-corrected chi connectivity index (χ2v) is 11.2. The summed E-state index contributed by atoms with van der Waals surface area (Å²) < 4.78 is 14.3. The van der Waals surface area contributed by atoms with Crippen LogP contribution in [0.4, 0.5) is 16.4 Å². The minimum Gasteiger partial charge on any atom is -0.444 e. The van der Waals surface area contributed by atoms with Crippen LogP contribution in [0.15, 0.2) is 37.1 Å². The number of carbonyl (C=O) groups is 2. The number of amides is 2. The van der Waals surface area contributed by atoms with E-state index >= 15 is 0 Å². The first kappa shape index (κ1) is 27.7. The predicted molar refractivity (Wildman–Crippen MR) is 151 cm³/mol. The van der Waals surface area contributed by atoms with Crippen LogP contribution in [0.1, 0.15) is 62.5 Å². The summed E-state index contributed by atoms with van der Waals surface area (Å²) in [4.78, 5) is 37.3. The number of halogens is 1. The van der Waals surface area contributed by atoms with Crippen LogP contribution in [-0.4, -0.2) is 67.9 Å². The molecule has 0 bridgehead atoms. The maximum Gasteiger partial charge on any atom is 0.413 e. The quantitative estimate of drug-likeness (QED) is 0.348. The Bertz CT molecular complexity index is 1550. The van der Waals surface area contributed by atoms with E-state index in [0.717, 1.165) is 42.8 Å². The fourth-order valence-electron chi connectivity index (χ4n) is 4.94. The highest BCUT2D eigenvalue weighted by Crippen LogP contribution is 2.35. The molecule has 2 amide bonds. The number of rotatable bonds is 6. The van der Waals surface area contributed by atoms with Crippen LogP contribution in [0.3, 0.4) is 0 Å². The van der Waals surface area contributed by atoms with Crippen molar-refractivity contribution in [1.29, 1.82) is 0 Å². The molecule has 0 spiro atoms. The maximum atomic E-state index is 13.8. The maximum absolute atomic E-state index is 13.8. The third-order valence-corrected chi connectivity index (χ3v) is 7.09. The second kappa shape index (κ2) is 10.9. The first-order chi connectivity index (χ1) is 19.1. The van der Waals surface area contributed by atoms with Crippen molar-refractivity contribution in [2.75, 3.05) is 30.4 Å². The number of nitrogens with one attached hydrogen (secondary N) is 2. The smallest absolute Gasteiger partial charge is 0.413 e. The lowest BCUT2D eigenvalue weighted by Crippen LogP contribution is -2.39. The van der Waals surface area contributed by atoms with E-state index in [0.29, 0.717) is 10.7 Å². The molecule has 0 radical (unpaired) electrons. The zero-order chi connectivity index (χ0) is 28.6. The van der Waals surface area contributed by atoms with Gasteiger partial charge >= 0.3 is 6.09 Å². The molecule has 13 heteroatoms. The second-order valence-electron chi connectivity index (χ2n) is 10.8. The van der Waals surface area contributed by atoms with E-state index in [1.165, 1.54) is 4.52 Å². The van der Waals surface area contributed by atoms with Gasteiger partial charge < -0.3 is 19.7 Å². The van der Waals surface area contributed by atoms with Crippen molar-refractivity contribution in [3.63, 3.8) is 0 Å². The number of ether oxygens (including phenoxy) is 2. The van der Waals surface area contributed by atoms with E-state index in [1.54, 1.807) is 58.9 Å². The van der Waals surface area contributed by atoms with Gasteiger partial charge in [-0.3, -0.25) is 14.5 Å². The van der Waals surface area contributed by atoms with Gasteiger partial charge in [0.25, 0.3) is 5.91 Å². The number of nitrogens with zero attached hydrogens (tertiary/aromatic N) is 6. The lowest BCUT2D eigenvalue weighted by Gasteiger charge is -2.35. The van der Waals surface area contributed by atoms with E-state index in [1.807, 2.05) is 17.4 Å². The van der Waals surface area contributed by atoms with Gasteiger partial charge in [-0.1, -0.05) is 11.6 Å². The summed E-state index contributed by atoms with van der Waals surface area (Å²) in [5.41, 5.74) is 1.30. The van der Waals surface area contributed by atoms with Crippen LogP contribution in [-0.2, 0) is 9.47 Å². The van der Waals surface area contributed by atoms with Gasteiger partial charge in [-0.15, -0.1) is 5.10 Å². The zero-order valence-corrected chi connectivity index (χ0v) is 23.9. The highest BCUT2D eigenvalue weighted by atomic mass is 35.5. The third-order valence-electron chi connectivity index (χ3n) is 6.78. The number of piperidine rings is 1. The molecule has 0 saturated carbocycles. The monoisotopic (exact) mass is 568 g/mol. The summed E-state index contributed by atoms with van der Waals surface area (Å²) >= 11 is 6.66. The first-order valence-corrected chi connectivity index (χ1v) is 13.5. The van der Waals surface area contributed by atoms with Crippen molar-refractivity contribution < 1.29 is 19.1 Å². The summed E-state index contributed by atoms with van der Waals surface area (Å²) in [5, 5.41) is 10.6.